The molecule has 2 aliphatic rings. The summed E-state index contributed by atoms with van der Waals surface area (Å²) in [5.41, 5.74) is -0.588. The summed E-state index contributed by atoms with van der Waals surface area (Å²) in [7, 11) is 1.46. The molecule has 2 aromatic heterocycles. The highest BCUT2D eigenvalue weighted by molar-refractivity contribution is 7.17. The molecule has 2 fully saturated rings. The van der Waals surface area contributed by atoms with Gasteiger partial charge in [-0.3, -0.25) is 9.48 Å². The topological polar surface area (TPSA) is 59.0 Å². The van der Waals surface area contributed by atoms with E-state index in [4.69, 9.17) is 0 Å². The van der Waals surface area contributed by atoms with E-state index in [9.17, 15) is 18.0 Å². The van der Waals surface area contributed by atoms with Crippen molar-refractivity contribution < 1.29 is 18.0 Å². The van der Waals surface area contributed by atoms with Gasteiger partial charge in [0.05, 0.1) is 15.4 Å². The van der Waals surface area contributed by atoms with Gasteiger partial charge in [0, 0.05) is 25.2 Å². The van der Waals surface area contributed by atoms with Crippen LogP contribution in [0.4, 0.5) is 13.2 Å². The maximum Gasteiger partial charge on any atom is 0.435 e. The molecule has 0 saturated carbocycles. The lowest BCUT2D eigenvalue weighted by atomic mass is 9.95. The van der Waals surface area contributed by atoms with Gasteiger partial charge in [-0.2, -0.15) is 18.3 Å². The molecule has 0 aliphatic carbocycles. The summed E-state index contributed by atoms with van der Waals surface area (Å²) in [6.45, 7) is 0. The fourth-order valence-electron chi connectivity index (χ4n) is 3.66. The van der Waals surface area contributed by atoms with Crippen LogP contribution in [0.2, 0.25) is 0 Å². The number of alkyl halides is 3. The third-order valence-electron chi connectivity index (χ3n) is 4.87. The molecule has 9 heteroatoms. The Balaban J connectivity index is 1.50. The first kappa shape index (κ1) is 16.6. The van der Waals surface area contributed by atoms with Crippen LogP contribution in [-0.2, 0) is 13.2 Å². The molecule has 4 heterocycles. The largest absolute Gasteiger partial charge is 0.435 e. The number of aryl methyl sites for hydroxylation is 1. The average Bonchev–Trinajstić information content (AvgIpc) is 3.29. The molecule has 5 nitrogen and oxygen atoms in total. The zero-order valence-corrected chi connectivity index (χ0v) is 14.2. The summed E-state index contributed by atoms with van der Waals surface area (Å²) in [6, 6.07) is 5.27. The normalized spacial score (nSPS) is 25.5. The molecular formula is C16H17F3N4OS. The van der Waals surface area contributed by atoms with Crippen LogP contribution in [0.15, 0.2) is 18.2 Å². The Bertz CT molecular complexity index is 813. The van der Waals surface area contributed by atoms with Gasteiger partial charge in [0.1, 0.15) is 0 Å². The van der Waals surface area contributed by atoms with Crippen molar-refractivity contribution in [3.05, 3.63) is 28.8 Å². The number of halogens is 3. The van der Waals surface area contributed by atoms with Crippen molar-refractivity contribution in [3.8, 4) is 10.6 Å². The SMILES string of the molecule is Cn1nc(C(F)(F)F)cc1-c1ccc(C(=O)NC2CC3CCC2N3)s1. The van der Waals surface area contributed by atoms with Gasteiger partial charge >= 0.3 is 6.18 Å². The zero-order chi connectivity index (χ0) is 17.8. The van der Waals surface area contributed by atoms with Crippen LogP contribution in [-0.4, -0.2) is 33.8 Å². The van der Waals surface area contributed by atoms with Crippen molar-refractivity contribution in [2.75, 3.05) is 0 Å². The van der Waals surface area contributed by atoms with Crippen molar-refractivity contribution in [1.82, 2.24) is 20.4 Å². The molecule has 2 saturated heterocycles. The van der Waals surface area contributed by atoms with E-state index in [2.05, 4.69) is 15.7 Å². The maximum atomic E-state index is 12.8. The third-order valence-corrected chi connectivity index (χ3v) is 5.98. The lowest BCUT2D eigenvalue weighted by molar-refractivity contribution is -0.141. The highest BCUT2D eigenvalue weighted by atomic mass is 32.1. The number of hydrogen-bond donors (Lipinski definition) is 2. The maximum absolute atomic E-state index is 12.8. The molecule has 4 rings (SSSR count). The van der Waals surface area contributed by atoms with Crippen LogP contribution < -0.4 is 10.6 Å². The van der Waals surface area contributed by atoms with Gasteiger partial charge in [0.25, 0.3) is 5.91 Å². The minimum atomic E-state index is -4.48. The molecule has 1 amide bonds. The molecule has 2 aromatic rings. The first-order valence-electron chi connectivity index (χ1n) is 8.09. The molecular weight excluding hydrogens is 353 g/mol. The number of aromatic nitrogens is 2. The number of fused-ring (bicyclic) bond motifs is 2. The van der Waals surface area contributed by atoms with Crippen LogP contribution in [0.5, 0.6) is 0 Å². The summed E-state index contributed by atoms with van der Waals surface area (Å²) in [6.07, 6.45) is -1.32. The van der Waals surface area contributed by atoms with Crippen molar-refractivity contribution in [1.29, 1.82) is 0 Å². The minimum absolute atomic E-state index is 0.130. The first-order chi connectivity index (χ1) is 11.8. The smallest absolute Gasteiger partial charge is 0.347 e. The summed E-state index contributed by atoms with van der Waals surface area (Å²) < 4.78 is 39.6. The van der Waals surface area contributed by atoms with Gasteiger partial charge in [-0.1, -0.05) is 0 Å². The Morgan fingerprint density at radius 3 is 2.80 bits per heavy atom. The molecule has 2 N–H and O–H groups in total. The van der Waals surface area contributed by atoms with Gasteiger partial charge in [0.15, 0.2) is 5.69 Å². The first-order valence-corrected chi connectivity index (χ1v) is 8.91. The second-order valence-corrected chi connectivity index (χ2v) is 7.65. The monoisotopic (exact) mass is 370 g/mol. The number of carbonyl (C=O) groups is 1. The van der Waals surface area contributed by atoms with Gasteiger partial charge in [-0.15, -0.1) is 11.3 Å². The van der Waals surface area contributed by atoms with Crippen molar-refractivity contribution in [3.63, 3.8) is 0 Å². The van der Waals surface area contributed by atoms with Gasteiger partial charge in [-0.25, -0.2) is 0 Å². The molecule has 3 atom stereocenters. The summed E-state index contributed by atoms with van der Waals surface area (Å²) in [5, 5.41) is 10.0. The number of nitrogens with one attached hydrogen (secondary N) is 2. The van der Waals surface area contributed by atoms with Gasteiger partial charge < -0.3 is 10.6 Å². The quantitative estimate of drug-likeness (QED) is 0.874. The Labute approximate surface area is 146 Å². The fourth-order valence-corrected chi connectivity index (χ4v) is 4.61. The summed E-state index contributed by atoms with van der Waals surface area (Å²) in [5.74, 6) is -0.172. The number of carbonyl (C=O) groups excluding carboxylic acids is 1. The standard InChI is InChI=1S/C16H17F3N4OS/c1-23-11(7-14(22-23)16(17,18)19)12-4-5-13(25-12)15(24)21-10-6-8-2-3-9(10)20-8/h4-5,7-10,20H,2-3,6H2,1H3,(H,21,24). The lowest BCUT2D eigenvalue weighted by Crippen LogP contribution is -2.42. The third kappa shape index (κ3) is 3.06. The Hall–Kier alpha value is -1.87. The highest BCUT2D eigenvalue weighted by Crippen LogP contribution is 2.34. The van der Waals surface area contributed by atoms with E-state index in [1.807, 2.05) is 0 Å². The molecule has 2 bridgehead atoms. The molecule has 134 valence electrons. The van der Waals surface area contributed by atoms with E-state index in [1.54, 1.807) is 12.1 Å². The number of amides is 1. The van der Waals surface area contributed by atoms with E-state index in [0.29, 0.717) is 27.5 Å². The van der Waals surface area contributed by atoms with E-state index in [-0.39, 0.29) is 11.9 Å². The Morgan fingerprint density at radius 1 is 1.40 bits per heavy atom. The Morgan fingerprint density at radius 2 is 2.20 bits per heavy atom. The molecule has 2 aliphatic heterocycles. The number of nitrogens with zero attached hydrogens (tertiary/aromatic N) is 2. The lowest BCUT2D eigenvalue weighted by Gasteiger charge is -2.20. The molecule has 0 aromatic carbocycles. The van der Waals surface area contributed by atoms with Gasteiger partial charge in [0.2, 0.25) is 0 Å². The van der Waals surface area contributed by atoms with Crippen LogP contribution in [0.1, 0.15) is 34.6 Å². The number of rotatable bonds is 3. The van der Waals surface area contributed by atoms with E-state index < -0.39 is 11.9 Å². The zero-order valence-electron chi connectivity index (χ0n) is 13.4. The minimum Gasteiger partial charge on any atom is -0.347 e. The summed E-state index contributed by atoms with van der Waals surface area (Å²) in [4.78, 5) is 13.5. The molecule has 25 heavy (non-hydrogen) atoms. The van der Waals surface area contributed by atoms with Crippen LogP contribution in [0.3, 0.4) is 0 Å². The van der Waals surface area contributed by atoms with E-state index in [0.717, 1.165) is 25.3 Å². The number of thiophene rings is 1. The molecule has 3 unspecified atom stereocenters. The summed E-state index contributed by atoms with van der Waals surface area (Å²) >= 11 is 1.17. The molecule has 0 spiro atoms. The fraction of sp³-hybridized carbons (Fsp3) is 0.500. The van der Waals surface area contributed by atoms with Crippen LogP contribution in [0.25, 0.3) is 10.6 Å². The average molecular weight is 370 g/mol. The second kappa shape index (κ2) is 5.84. The van der Waals surface area contributed by atoms with Crippen molar-refractivity contribution in [2.45, 2.75) is 43.6 Å². The second-order valence-electron chi connectivity index (χ2n) is 6.56. The van der Waals surface area contributed by atoms with Crippen molar-refractivity contribution in [2.24, 2.45) is 7.05 Å². The number of hydrogen-bond acceptors (Lipinski definition) is 4. The van der Waals surface area contributed by atoms with E-state index in [1.165, 1.54) is 23.1 Å². The predicted molar refractivity (Wildman–Crippen MR) is 87.3 cm³/mol. The molecule has 0 radical (unpaired) electrons. The van der Waals surface area contributed by atoms with Gasteiger partial charge in [-0.05, 0) is 37.5 Å². The highest BCUT2D eigenvalue weighted by Gasteiger charge is 2.40. The predicted octanol–water partition coefficient (Wildman–Crippen LogP) is 2.79. The van der Waals surface area contributed by atoms with Crippen LogP contribution >= 0.6 is 11.3 Å². The Kier molecular flexibility index (Phi) is 3.88. The van der Waals surface area contributed by atoms with Crippen LogP contribution in [0, 0.1) is 0 Å². The van der Waals surface area contributed by atoms with E-state index >= 15 is 0 Å². The van der Waals surface area contributed by atoms with Crippen molar-refractivity contribution >= 4 is 17.2 Å².